The number of aromatic nitrogens is 1. The summed E-state index contributed by atoms with van der Waals surface area (Å²) in [4.78, 5) is 17.6. The number of hydrogen-bond acceptors (Lipinski definition) is 6. The van der Waals surface area contributed by atoms with E-state index in [0.717, 1.165) is 25.2 Å². The molecule has 28 heavy (non-hydrogen) atoms. The SMILES string of the molecule is O=C(NCCN1CCCCC1)c1c(N2CCOCC2)noc1-c1ccccc1. The van der Waals surface area contributed by atoms with Crippen LogP contribution in [0.3, 0.4) is 0 Å². The van der Waals surface area contributed by atoms with Gasteiger partial charge in [-0.2, -0.15) is 0 Å². The van der Waals surface area contributed by atoms with Crippen molar-refractivity contribution in [1.29, 1.82) is 0 Å². The second-order valence-electron chi connectivity index (χ2n) is 7.33. The van der Waals surface area contributed by atoms with E-state index in [1.807, 2.05) is 30.3 Å². The summed E-state index contributed by atoms with van der Waals surface area (Å²) in [5, 5.41) is 7.34. The Hall–Kier alpha value is -2.38. The van der Waals surface area contributed by atoms with Crippen LogP contribution >= 0.6 is 0 Å². The number of morpholine rings is 1. The van der Waals surface area contributed by atoms with Crippen molar-refractivity contribution in [1.82, 2.24) is 15.4 Å². The van der Waals surface area contributed by atoms with Gasteiger partial charge in [-0.3, -0.25) is 4.79 Å². The largest absolute Gasteiger partial charge is 0.378 e. The van der Waals surface area contributed by atoms with E-state index in [0.29, 0.717) is 50.0 Å². The lowest BCUT2D eigenvalue weighted by molar-refractivity contribution is 0.0945. The number of nitrogens with one attached hydrogen (secondary N) is 1. The van der Waals surface area contributed by atoms with Gasteiger partial charge in [-0.1, -0.05) is 41.9 Å². The molecule has 150 valence electrons. The van der Waals surface area contributed by atoms with E-state index in [1.165, 1.54) is 19.3 Å². The van der Waals surface area contributed by atoms with Crippen molar-refractivity contribution in [3.8, 4) is 11.3 Å². The molecular formula is C21H28N4O3. The third-order valence-corrected chi connectivity index (χ3v) is 5.41. The molecule has 2 saturated heterocycles. The van der Waals surface area contributed by atoms with Gasteiger partial charge >= 0.3 is 0 Å². The number of likely N-dealkylation sites (tertiary alicyclic amines) is 1. The second kappa shape index (κ2) is 9.21. The first-order chi connectivity index (χ1) is 13.8. The lowest BCUT2D eigenvalue weighted by Crippen LogP contribution is -2.39. The third-order valence-electron chi connectivity index (χ3n) is 5.41. The highest BCUT2D eigenvalue weighted by Gasteiger charge is 2.28. The first-order valence-electron chi connectivity index (χ1n) is 10.2. The van der Waals surface area contributed by atoms with Gasteiger partial charge in [-0.05, 0) is 25.9 Å². The lowest BCUT2D eigenvalue weighted by atomic mass is 10.1. The molecule has 1 aromatic heterocycles. The number of carbonyl (C=O) groups is 1. The molecule has 1 amide bonds. The summed E-state index contributed by atoms with van der Waals surface area (Å²) in [6.07, 6.45) is 3.81. The molecule has 0 unspecified atom stereocenters. The van der Waals surface area contributed by atoms with Gasteiger partial charge in [-0.15, -0.1) is 0 Å². The summed E-state index contributed by atoms with van der Waals surface area (Å²) >= 11 is 0. The summed E-state index contributed by atoms with van der Waals surface area (Å²) in [6.45, 7) is 6.41. The van der Waals surface area contributed by atoms with Crippen LogP contribution in [-0.2, 0) is 4.74 Å². The van der Waals surface area contributed by atoms with E-state index in [9.17, 15) is 4.79 Å². The molecule has 2 aliphatic rings. The van der Waals surface area contributed by atoms with Crippen molar-refractivity contribution >= 4 is 11.7 Å². The normalized spacial score (nSPS) is 18.2. The fourth-order valence-electron chi connectivity index (χ4n) is 3.86. The Morgan fingerprint density at radius 2 is 1.79 bits per heavy atom. The topological polar surface area (TPSA) is 70.8 Å². The van der Waals surface area contributed by atoms with Gasteiger partial charge in [0.05, 0.1) is 13.2 Å². The minimum Gasteiger partial charge on any atom is -0.378 e. The van der Waals surface area contributed by atoms with E-state index in [2.05, 4.69) is 20.3 Å². The predicted molar refractivity (Wildman–Crippen MR) is 108 cm³/mol. The molecule has 2 aliphatic heterocycles. The van der Waals surface area contributed by atoms with Gasteiger partial charge in [-0.25, -0.2) is 0 Å². The minimum absolute atomic E-state index is 0.126. The molecule has 0 radical (unpaired) electrons. The van der Waals surface area contributed by atoms with E-state index in [4.69, 9.17) is 9.26 Å². The Morgan fingerprint density at radius 3 is 2.54 bits per heavy atom. The van der Waals surface area contributed by atoms with Crippen LogP contribution in [0, 0.1) is 0 Å². The molecule has 1 N–H and O–H groups in total. The van der Waals surface area contributed by atoms with Gasteiger partial charge in [0.1, 0.15) is 5.56 Å². The molecule has 7 nitrogen and oxygen atoms in total. The number of anilines is 1. The number of nitrogens with zero attached hydrogens (tertiary/aromatic N) is 3. The van der Waals surface area contributed by atoms with Crippen LogP contribution in [0.15, 0.2) is 34.9 Å². The molecular weight excluding hydrogens is 356 g/mol. The number of hydrogen-bond donors (Lipinski definition) is 1. The number of benzene rings is 1. The van der Waals surface area contributed by atoms with Crippen molar-refractivity contribution in [2.75, 3.05) is 57.4 Å². The van der Waals surface area contributed by atoms with E-state index in [-0.39, 0.29) is 5.91 Å². The summed E-state index contributed by atoms with van der Waals surface area (Å²) in [5.74, 6) is 1.01. The average molecular weight is 384 g/mol. The highest BCUT2D eigenvalue weighted by Crippen LogP contribution is 2.31. The van der Waals surface area contributed by atoms with Crippen LogP contribution in [0.2, 0.25) is 0 Å². The van der Waals surface area contributed by atoms with Crippen molar-refractivity contribution in [3.63, 3.8) is 0 Å². The number of carbonyl (C=O) groups excluding carboxylic acids is 1. The molecule has 2 aromatic rings. The van der Waals surface area contributed by atoms with E-state index < -0.39 is 0 Å². The minimum atomic E-state index is -0.126. The molecule has 2 fully saturated rings. The summed E-state index contributed by atoms with van der Waals surface area (Å²) in [7, 11) is 0. The highest BCUT2D eigenvalue weighted by molar-refractivity contribution is 6.04. The van der Waals surface area contributed by atoms with Gasteiger partial charge in [0.2, 0.25) is 0 Å². The standard InChI is InChI=1S/C21H28N4O3/c26-21(22-9-12-24-10-5-2-6-11-24)18-19(17-7-3-1-4-8-17)28-23-20(18)25-13-15-27-16-14-25/h1,3-4,7-8H,2,5-6,9-16H2,(H,22,26). The number of ether oxygens (including phenoxy) is 1. The summed E-state index contributed by atoms with van der Waals surface area (Å²) in [6, 6.07) is 9.69. The predicted octanol–water partition coefficient (Wildman–Crippen LogP) is 2.39. The lowest BCUT2D eigenvalue weighted by Gasteiger charge is -2.27. The van der Waals surface area contributed by atoms with Crippen LogP contribution in [0.5, 0.6) is 0 Å². The van der Waals surface area contributed by atoms with Crippen molar-refractivity contribution in [2.24, 2.45) is 0 Å². The van der Waals surface area contributed by atoms with Crippen LogP contribution < -0.4 is 10.2 Å². The fraction of sp³-hybridized carbons (Fsp3) is 0.524. The Morgan fingerprint density at radius 1 is 1.04 bits per heavy atom. The zero-order valence-corrected chi connectivity index (χ0v) is 16.2. The molecule has 0 aliphatic carbocycles. The van der Waals surface area contributed by atoms with Crippen LogP contribution in [0.1, 0.15) is 29.6 Å². The van der Waals surface area contributed by atoms with Crippen molar-refractivity contribution < 1.29 is 14.1 Å². The monoisotopic (exact) mass is 384 g/mol. The smallest absolute Gasteiger partial charge is 0.259 e. The number of rotatable bonds is 6. The zero-order chi connectivity index (χ0) is 19.2. The first-order valence-corrected chi connectivity index (χ1v) is 10.2. The number of piperidine rings is 1. The molecule has 4 rings (SSSR count). The van der Waals surface area contributed by atoms with Gasteiger partial charge in [0, 0.05) is 31.7 Å². The van der Waals surface area contributed by atoms with Crippen LogP contribution in [0.25, 0.3) is 11.3 Å². The highest BCUT2D eigenvalue weighted by atomic mass is 16.5. The van der Waals surface area contributed by atoms with Gasteiger partial charge in [0.15, 0.2) is 11.6 Å². The Labute approximate surface area is 165 Å². The fourth-order valence-corrected chi connectivity index (χ4v) is 3.86. The number of amides is 1. The summed E-state index contributed by atoms with van der Waals surface area (Å²) < 4.78 is 11.1. The molecule has 0 spiro atoms. The molecule has 7 heteroatoms. The second-order valence-corrected chi connectivity index (χ2v) is 7.33. The maximum absolute atomic E-state index is 13.1. The average Bonchev–Trinajstić information content (AvgIpc) is 3.21. The van der Waals surface area contributed by atoms with E-state index in [1.54, 1.807) is 0 Å². The van der Waals surface area contributed by atoms with Gasteiger partial charge in [0.25, 0.3) is 5.91 Å². The van der Waals surface area contributed by atoms with Crippen LogP contribution in [0.4, 0.5) is 5.82 Å². The Bertz CT molecular complexity index is 765. The maximum Gasteiger partial charge on any atom is 0.259 e. The Kier molecular flexibility index (Phi) is 6.24. The van der Waals surface area contributed by atoms with Crippen molar-refractivity contribution in [3.05, 3.63) is 35.9 Å². The molecule has 0 saturated carbocycles. The van der Waals surface area contributed by atoms with Crippen molar-refractivity contribution in [2.45, 2.75) is 19.3 Å². The van der Waals surface area contributed by atoms with E-state index >= 15 is 0 Å². The quantitative estimate of drug-likeness (QED) is 0.825. The maximum atomic E-state index is 13.1. The molecule has 0 atom stereocenters. The van der Waals surface area contributed by atoms with Crippen LogP contribution in [-0.4, -0.2) is 68.4 Å². The zero-order valence-electron chi connectivity index (χ0n) is 16.2. The molecule has 0 bridgehead atoms. The van der Waals surface area contributed by atoms with Gasteiger partial charge < -0.3 is 24.4 Å². The summed E-state index contributed by atoms with van der Waals surface area (Å²) in [5.41, 5.74) is 1.38. The first kappa shape index (κ1) is 19.0. The molecule has 3 heterocycles. The Balaban J connectivity index is 1.52. The third kappa shape index (κ3) is 4.36. The molecule has 1 aromatic carbocycles.